The van der Waals surface area contributed by atoms with Crippen molar-refractivity contribution in [1.29, 1.82) is 0 Å². The molecule has 1 aliphatic rings. The Labute approximate surface area is 152 Å². The van der Waals surface area contributed by atoms with E-state index in [1.807, 2.05) is 19.9 Å². The van der Waals surface area contributed by atoms with E-state index in [9.17, 15) is 9.59 Å². The zero-order valence-corrected chi connectivity index (χ0v) is 16.1. The molecule has 0 aliphatic heterocycles. The summed E-state index contributed by atoms with van der Waals surface area (Å²) in [5, 5.41) is 0.732. The molecular formula is C20H25NO3S. The first-order chi connectivity index (χ1) is 11.9. The van der Waals surface area contributed by atoms with Crippen molar-refractivity contribution in [3.8, 4) is 5.75 Å². The Balaban J connectivity index is 1.95. The van der Waals surface area contributed by atoms with Gasteiger partial charge in [0.15, 0.2) is 5.43 Å². The predicted octanol–water partition coefficient (Wildman–Crippen LogP) is 4.62. The van der Waals surface area contributed by atoms with E-state index in [0.29, 0.717) is 11.7 Å². The van der Waals surface area contributed by atoms with Crippen LogP contribution in [0.4, 0.5) is 4.79 Å². The summed E-state index contributed by atoms with van der Waals surface area (Å²) in [5.74, 6) is 1.16. The summed E-state index contributed by atoms with van der Waals surface area (Å²) in [5.41, 5.74) is 1.14. The van der Waals surface area contributed by atoms with E-state index < -0.39 is 0 Å². The quantitative estimate of drug-likeness (QED) is 0.803. The van der Waals surface area contributed by atoms with Gasteiger partial charge in [-0.3, -0.25) is 4.79 Å². The molecule has 2 aromatic rings. The summed E-state index contributed by atoms with van der Waals surface area (Å²) in [6.07, 6.45) is 3.74. The number of carbonyl (C=O) groups is 1. The molecule has 0 fully saturated rings. The topological polar surface area (TPSA) is 46.6 Å². The van der Waals surface area contributed by atoms with Crippen LogP contribution in [-0.2, 0) is 12.8 Å². The number of rotatable bonds is 3. The van der Waals surface area contributed by atoms with Gasteiger partial charge in [0.05, 0.1) is 0 Å². The standard InChI is InChI=1S/C20H25NO3S/c1-5-13-6-8-15-17(10-13)25-18-11-14(7-9-16(18)19(15)22)24-20(23)21(4)12(2)3/h7,9,11-13H,5-6,8,10H2,1-4H3. The highest BCUT2D eigenvalue weighted by atomic mass is 32.1. The van der Waals surface area contributed by atoms with Gasteiger partial charge in [-0.15, -0.1) is 11.3 Å². The average Bonchev–Trinajstić information content (AvgIpc) is 2.60. The Kier molecular flexibility index (Phi) is 5.13. The maximum atomic E-state index is 12.8. The molecule has 25 heavy (non-hydrogen) atoms. The van der Waals surface area contributed by atoms with Crippen molar-refractivity contribution in [2.75, 3.05) is 7.05 Å². The number of amides is 1. The van der Waals surface area contributed by atoms with Gasteiger partial charge in [-0.05, 0) is 57.2 Å². The Hall–Kier alpha value is -1.88. The molecular weight excluding hydrogens is 334 g/mol. The summed E-state index contributed by atoms with van der Waals surface area (Å²) < 4.78 is 6.36. The highest BCUT2D eigenvalue weighted by molar-refractivity contribution is 7.18. The van der Waals surface area contributed by atoms with Gasteiger partial charge in [0.2, 0.25) is 0 Å². The van der Waals surface area contributed by atoms with Crippen LogP contribution in [0.15, 0.2) is 23.0 Å². The maximum absolute atomic E-state index is 12.8. The number of hydrogen-bond donors (Lipinski definition) is 0. The molecule has 0 radical (unpaired) electrons. The zero-order valence-electron chi connectivity index (χ0n) is 15.3. The first-order valence-electron chi connectivity index (χ1n) is 8.94. The van der Waals surface area contributed by atoms with E-state index in [4.69, 9.17) is 4.74 Å². The minimum atomic E-state index is -0.384. The average molecular weight is 359 g/mol. The van der Waals surface area contributed by atoms with Gasteiger partial charge < -0.3 is 9.64 Å². The molecule has 0 saturated carbocycles. The summed E-state index contributed by atoms with van der Waals surface area (Å²) >= 11 is 1.67. The predicted molar refractivity (Wildman–Crippen MR) is 103 cm³/mol. The fraction of sp³-hybridized carbons (Fsp3) is 0.500. The molecule has 1 aromatic carbocycles. The summed E-state index contributed by atoms with van der Waals surface area (Å²) in [6.45, 7) is 6.08. The highest BCUT2D eigenvalue weighted by Gasteiger charge is 2.22. The summed E-state index contributed by atoms with van der Waals surface area (Å²) in [4.78, 5) is 27.7. The molecule has 1 aliphatic carbocycles. The smallest absolute Gasteiger partial charge is 0.410 e. The van der Waals surface area contributed by atoms with Gasteiger partial charge >= 0.3 is 6.09 Å². The highest BCUT2D eigenvalue weighted by Crippen LogP contribution is 2.33. The maximum Gasteiger partial charge on any atom is 0.415 e. The second kappa shape index (κ2) is 7.16. The SMILES string of the molecule is CCC1CCc2c(sc3cc(OC(=O)N(C)C(C)C)ccc3c2=O)C1. The molecule has 1 amide bonds. The molecule has 1 unspecified atom stereocenters. The lowest BCUT2D eigenvalue weighted by Gasteiger charge is -2.23. The van der Waals surface area contributed by atoms with Crippen molar-refractivity contribution in [3.05, 3.63) is 38.9 Å². The van der Waals surface area contributed by atoms with Crippen LogP contribution < -0.4 is 10.2 Å². The first-order valence-corrected chi connectivity index (χ1v) is 9.75. The van der Waals surface area contributed by atoms with E-state index in [1.165, 1.54) is 4.88 Å². The molecule has 5 heteroatoms. The third-order valence-corrected chi connectivity index (χ3v) is 6.38. The van der Waals surface area contributed by atoms with Crippen LogP contribution in [0.1, 0.15) is 44.1 Å². The van der Waals surface area contributed by atoms with Gasteiger partial charge in [-0.25, -0.2) is 4.79 Å². The van der Waals surface area contributed by atoms with Crippen LogP contribution in [0, 0.1) is 5.92 Å². The lowest BCUT2D eigenvalue weighted by Crippen LogP contribution is -2.35. The molecule has 0 bridgehead atoms. The van der Waals surface area contributed by atoms with Crippen molar-refractivity contribution in [1.82, 2.24) is 4.90 Å². The molecule has 4 nitrogen and oxygen atoms in total. The molecule has 3 rings (SSSR count). The van der Waals surface area contributed by atoms with Crippen LogP contribution >= 0.6 is 11.3 Å². The van der Waals surface area contributed by atoms with Gasteiger partial charge in [0.1, 0.15) is 5.75 Å². The van der Waals surface area contributed by atoms with Gasteiger partial charge in [-0.2, -0.15) is 0 Å². The van der Waals surface area contributed by atoms with Crippen molar-refractivity contribution in [2.24, 2.45) is 5.92 Å². The fourth-order valence-electron chi connectivity index (χ4n) is 3.18. The van der Waals surface area contributed by atoms with Crippen LogP contribution in [0.25, 0.3) is 10.1 Å². The molecule has 1 aromatic heterocycles. The third kappa shape index (κ3) is 3.56. The molecule has 0 saturated heterocycles. The van der Waals surface area contributed by atoms with E-state index >= 15 is 0 Å². The number of carbonyl (C=O) groups excluding carboxylic acids is 1. The molecule has 1 heterocycles. The first kappa shape index (κ1) is 17.9. The van der Waals surface area contributed by atoms with E-state index in [0.717, 1.165) is 41.3 Å². The number of ether oxygens (including phenoxy) is 1. The van der Waals surface area contributed by atoms with Crippen LogP contribution in [0.3, 0.4) is 0 Å². The number of nitrogens with zero attached hydrogens (tertiary/aromatic N) is 1. The van der Waals surface area contributed by atoms with Gasteiger partial charge in [-0.1, -0.05) is 13.3 Å². The Bertz CT molecular complexity index is 856. The Morgan fingerprint density at radius 1 is 1.40 bits per heavy atom. The number of benzene rings is 1. The lowest BCUT2D eigenvalue weighted by atomic mass is 9.87. The molecule has 134 valence electrons. The largest absolute Gasteiger partial charge is 0.415 e. The Morgan fingerprint density at radius 2 is 2.16 bits per heavy atom. The zero-order chi connectivity index (χ0) is 18.1. The second-order valence-electron chi connectivity index (χ2n) is 7.08. The lowest BCUT2D eigenvalue weighted by molar-refractivity contribution is 0.152. The van der Waals surface area contributed by atoms with Crippen LogP contribution in [0.5, 0.6) is 5.75 Å². The van der Waals surface area contributed by atoms with E-state index in [-0.39, 0.29) is 17.6 Å². The van der Waals surface area contributed by atoms with Crippen LogP contribution in [0.2, 0.25) is 0 Å². The van der Waals surface area contributed by atoms with Gasteiger partial charge in [0, 0.05) is 33.6 Å². The van der Waals surface area contributed by atoms with Crippen molar-refractivity contribution >= 4 is 27.5 Å². The minimum absolute atomic E-state index is 0.0713. The molecule has 1 atom stereocenters. The monoisotopic (exact) mass is 359 g/mol. The summed E-state index contributed by atoms with van der Waals surface area (Å²) in [6, 6.07) is 5.40. The van der Waals surface area contributed by atoms with E-state index in [1.54, 1.807) is 35.4 Å². The second-order valence-corrected chi connectivity index (χ2v) is 8.22. The van der Waals surface area contributed by atoms with Crippen LogP contribution in [-0.4, -0.2) is 24.1 Å². The molecule has 0 spiro atoms. The van der Waals surface area contributed by atoms with Gasteiger partial charge in [0.25, 0.3) is 0 Å². The molecule has 0 N–H and O–H groups in total. The fourth-order valence-corrected chi connectivity index (χ4v) is 4.53. The summed E-state index contributed by atoms with van der Waals surface area (Å²) in [7, 11) is 1.72. The van der Waals surface area contributed by atoms with Crippen molar-refractivity contribution in [2.45, 2.75) is 52.5 Å². The number of hydrogen-bond acceptors (Lipinski definition) is 4. The minimum Gasteiger partial charge on any atom is -0.410 e. The van der Waals surface area contributed by atoms with Crippen molar-refractivity contribution in [3.63, 3.8) is 0 Å². The van der Waals surface area contributed by atoms with Crippen molar-refractivity contribution < 1.29 is 9.53 Å². The Morgan fingerprint density at radius 3 is 2.84 bits per heavy atom. The normalized spacial score (nSPS) is 16.8. The van der Waals surface area contributed by atoms with E-state index in [2.05, 4.69) is 6.92 Å². The third-order valence-electron chi connectivity index (χ3n) is 5.16. The number of fused-ring (bicyclic) bond motifs is 2.